The lowest BCUT2D eigenvalue weighted by Gasteiger charge is -2.28. The number of hydrogen-bond donors (Lipinski definition) is 2. The van der Waals surface area contributed by atoms with Crippen LogP contribution in [-0.2, 0) is 22.4 Å². The zero-order chi connectivity index (χ0) is 21.7. The fourth-order valence-corrected chi connectivity index (χ4v) is 4.20. The predicted molar refractivity (Wildman–Crippen MR) is 119 cm³/mol. The second-order valence-corrected chi connectivity index (χ2v) is 9.26. The van der Waals surface area contributed by atoms with Gasteiger partial charge in [-0.1, -0.05) is 29.0 Å². The first-order chi connectivity index (χ1) is 14.3. The second-order valence-electron chi connectivity index (χ2n) is 7.58. The third kappa shape index (κ3) is 5.72. The van der Waals surface area contributed by atoms with E-state index in [0.29, 0.717) is 15.1 Å². The average molecular weight is 452 g/mol. The molecule has 2 aromatic rings. The molecule has 7 nitrogen and oxygen atoms in total. The minimum atomic E-state index is -1.32. The maximum Gasteiger partial charge on any atom is 0.414 e. The minimum absolute atomic E-state index is 0.0190. The zero-order valence-electron chi connectivity index (χ0n) is 17.3. The summed E-state index contributed by atoms with van der Waals surface area (Å²) < 4.78 is 10.9. The van der Waals surface area contributed by atoms with Crippen molar-refractivity contribution in [1.82, 2.24) is 10.2 Å². The SMILES string of the molecule is COC[C@@](C)(NC(=O)Oc1ccc(Cl)s1)C(=O)Nc1ccc2c(c1)CCN(C)CC2. The molecule has 9 heteroatoms. The number of fused-ring (bicyclic) bond motifs is 1. The number of rotatable bonds is 6. The molecule has 30 heavy (non-hydrogen) atoms. The standard InChI is InChI=1S/C21H26ClN3O4S/c1-21(13-28-3,24-20(27)29-18-7-6-17(22)30-18)19(26)23-16-5-4-14-8-10-25(2)11-9-15(14)12-16/h4-7,12H,8-11,13H2,1-3H3,(H,23,26)(H,24,27)/t21-/m1/s1. The van der Waals surface area contributed by atoms with Crippen molar-refractivity contribution in [3.63, 3.8) is 0 Å². The van der Waals surface area contributed by atoms with Crippen LogP contribution in [0.3, 0.4) is 0 Å². The van der Waals surface area contributed by atoms with E-state index >= 15 is 0 Å². The highest BCUT2D eigenvalue weighted by atomic mass is 35.5. The number of hydrogen-bond acceptors (Lipinski definition) is 6. The van der Waals surface area contributed by atoms with Crippen LogP contribution in [0.2, 0.25) is 4.34 Å². The number of carbonyl (C=O) groups is 2. The van der Waals surface area contributed by atoms with Crippen LogP contribution in [-0.4, -0.2) is 56.3 Å². The van der Waals surface area contributed by atoms with Crippen molar-refractivity contribution in [2.75, 3.05) is 39.2 Å². The lowest BCUT2D eigenvalue weighted by molar-refractivity contribution is -0.123. The minimum Gasteiger partial charge on any atom is -0.399 e. The summed E-state index contributed by atoms with van der Waals surface area (Å²) in [5.74, 6) is -0.392. The Kier molecular flexibility index (Phi) is 7.36. The number of thiophene rings is 1. The van der Waals surface area contributed by atoms with Crippen LogP contribution < -0.4 is 15.4 Å². The van der Waals surface area contributed by atoms with E-state index in [1.54, 1.807) is 19.1 Å². The van der Waals surface area contributed by atoms with Crippen molar-refractivity contribution in [3.05, 3.63) is 45.8 Å². The summed E-state index contributed by atoms with van der Waals surface area (Å²) in [5.41, 5.74) is 1.89. The van der Waals surface area contributed by atoms with E-state index in [1.165, 1.54) is 18.2 Å². The van der Waals surface area contributed by atoms with Gasteiger partial charge in [0.05, 0.1) is 10.9 Å². The molecular weight excluding hydrogens is 426 g/mol. The van der Waals surface area contributed by atoms with Crippen LogP contribution in [0.4, 0.5) is 10.5 Å². The highest BCUT2D eigenvalue weighted by molar-refractivity contribution is 7.17. The maximum atomic E-state index is 13.0. The summed E-state index contributed by atoms with van der Waals surface area (Å²) in [4.78, 5) is 27.6. The quantitative estimate of drug-likeness (QED) is 0.701. The van der Waals surface area contributed by atoms with E-state index in [4.69, 9.17) is 21.1 Å². The number of methoxy groups -OCH3 is 1. The molecule has 2 heterocycles. The second kappa shape index (κ2) is 9.78. The molecule has 162 valence electrons. The first-order valence-corrected chi connectivity index (χ1v) is 10.8. The summed E-state index contributed by atoms with van der Waals surface area (Å²) in [6, 6.07) is 9.17. The molecule has 1 atom stereocenters. The topological polar surface area (TPSA) is 79.9 Å². The molecule has 1 aromatic heterocycles. The molecule has 3 rings (SSSR count). The molecule has 1 aliphatic heterocycles. The fraction of sp³-hybridized carbons (Fsp3) is 0.429. The summed E-state index contributed by atoms with van der Waals surface area (Å²) in [6.45, 7) is 3.57. The van der Waals surface area contributed by atoms with Crippen molar-refractivity contribution in [2.24, 2.45) is 0 Å². The predicted octanol–water partition coefficient (Wildman–Crippen LogP) is 3.56. The normalized spacial score (nSPS) is 16.1. The van der Waals surface area contributed by atoms with Gasteiger partial charge in [0.15, 0.2) is 5.06 Å². The Morgan fingerprint density at radius 2 is 1.93 bits per heavy atom. The molecule has 0 bridgehead atoms. The molecule has 2 N–H and O–H groups in total. The Bertz CT molecular complexity index is 919. The van der Waals surface area contributed by atoms with Gasteiger partial charge in [0, 0.05) is 25.9 Å². The molecule has 2 amide bonds. The smallest absolute Gasteiger partial charge is 0.399 e. The Hall–Kier alpha value is -2.13. The maximum absolute atomic E-state index is 13.0. The van der Waals surface area contributed by atoms with Crippen LogP contribution in [0.15, 0.2) is 30.3 Å². The van der Waals surface area contributed by atoms with Gasteiger partial charge < -0.3 is 25.0 Å². The van der Waals surface area contributed by atoms with Crippen LogP contribution >= 0.6 is 22.9 Å². The summed E-state index contributed by atoms with van der Waals surface area (Å²) in [5, 5.41) is 5.85. The fourth-order valence-electron chi connectivity index (χ4n) is 3.33. The van der Waals surface area contributed by atoms with Crippen LogP contribution in [0.25, 0.3) is 0 Å². The Labute approximate surface area is 185 Å². The van der Waals surface area contributed by atoms with Crippen LogP contribution in [0.5, 0.6) is 5.06 Å². The first-order valence-electron chi connectivity index (χ1n) is 9.65. The largest absolute Gasteiger partial charge is 0.414 e. The molecule has 0 radical (unpaired) electrons. The van der Waals surface area contributed by atoms with E-state index in [1.807, 2.05) is 12.1 Å². The molecule has 0 aliphatic carbocycles. The summed E-state index contributed by atoms with van der Waals surface area (Å²) in [6.07, 6.45) is 1.16. The number of nitrogens with one attached hydrogen (secondary N) is 2. The van der Waals surface area contributed by atoms with Gasteiger partial charge in [0.2, 0.25) is 0 Å². The van der Waals surface area contributed by atoms with E-state index in [9.17, 15) is 9.59 Å². The highest BCUT2D eigenvalue weighted by Gasteiger charge is 2.36. The van der Waals surface area contributed by atoms with Gasteiger partial charge in [-0.15, -0.1) is 0 Å². The Morgan fingerprint density at radius 1 is 1.20 bits per heavy atom. The van der Waals surface area contributed by atoms with Gasteiger partial charge in [0.1, 0.15) is 5.54 Å². The number of ether oxygens (including phenoxy) is 2. The highest BCUT2D eigenvalue weighted by Crippen LogP contribution is 2.28. The number of halogens is 1. The number of likely N-dealkylation sites (N-methyl/N-ethyl adjacent to an activating group) is 1. The lowest BCUT2D eigenvalue weighted by Crippen LogP contribution is -2.58. The first kappa shape index (κ1) is 22.6. The molecule has 1 aliphatic rings. The molecule has 0 fully saturated rings. The van der Waals surface area contributed by atoms with Gasteiger partial charge in [-0.2, -0.15) is 0 Å². The van der Waals surface area contributed by atoms with Gasteiger partial charge >= 0.3 is 6.09 Å². The van der Waals surface area contributed by atoms with E-state index in [2.05, 4.69) is 28.6 Å². The third-order valence-corrected chi connectivity index (χ3v) is 6.15. The van der Waals surface area contributed by atoms with Crippen molar-refractivity contribution in [1.29, 1.82) is 0 Å². The summed E-state index contributed by atoms with van der Waals surface area (Å²) in [7, 11) is 3.58. The molecule has 0 saturated carbocycles. The van der Waals surface area contributed by atoms with Gasteiger partial charge in [-0.25, -0.2) is 4.79 Å². The number of nitrogens with zero attached hydrogens (tertiary/aromatic N) is 1. The van der Waals surface area contributed by atoms with Crippen molar-refractivity contribution >= 4 is 40.6 Å². The number of anilines is 1. The molecule has 0 unspecified atom stereocenters. The van der Waals surface area contributed by atoms with Crippen LogP contribution in [0.1, 0.15) is 18.1 Å². The number of amides is 2. The summed E-state index contributed by atoms with van der Waals surface area (Å²) >= 11 is 6.98. The molecular formula is C21H26ClN3O4S. The van der Waals surface area contributed by atoms with Crippen LogP contribution in [0, 0.1) is 0 Å². The van der Waals surface area contributed by atoms with E-state index < -0.39 is 17.5 Å². The van der Waals surface area contributed by atoms with Crippen molar-refractivity contribution < 1.29 is 19.1 Å². The Balaban J connectivity index is 1.69. The molecule has 1 aromatic carbocycles. The van der Waals surface area contributed by atoms with Gasteiger partial charge in [0.25, 0.3) is 5.91 Å². The van der Waals surface area contributed by atoms with E-state index in [0.717, 1.165) is 37.3 Å². The number of benzene rings is 1. The van der Waals surface area contributed by atoms with Gasteiger partial charge in [-0.3, -0.25) is 4.79 Å². The molecule has 0 saturated heterocycles. The molecule has 0 spiro atoms. The monoisotopic (exact) mass is 451 g/mol. The van der Waals surface area contributed by atoms with E-state index in [-0.39, 0.29) is 6.61 Å². The lowest BCUT2D eigenvalue weighted by atomic mass is 10.0. The Morgan fingerprint density at radius 3 is 2.60 bits per heavy atom. The number of carbonyl (C=O) groups excluding carboxylic acids is 2. The zero-order valence-corrected chi connectivity index (χ0v) is 18.9. The van der Waals surface area contributed by atoms with Gasteiger partial charge in [-0.05, 0) is 62.2 Å². The third-order valence-electron chi connectivity index (χ3n) is 5.04. The van der Waals surface area contributed by atoms with Crippen molar-refractivity contribution in [2.45, 2.75) is 25.3 Å². The average Bonchev–Trinajstić information content (AvgIpc) is 2.99. The van der Waals surface area contributed by atoms with Crippen molar-refractivity contribution in [3.8, 4) is 5.06 Å².